The van der Waals surface area contributed by atoms with Crippen molar-refractivity contribution in [1.82, 2.24) is 0 Å². The summed E-state index contributed by atoms with van der Waals surface area (Å²) >= 11 is 0. The Kier molecular flexibility index (Phi) is 7.27. The zero-order chi connectivity index (χ0) is 17.5. The molecule has 0 aliphatic carbocycles. The minimum absolute atomic E-state index is 0.113. The molecule has 0 heterocycles. The van der Waals surface area contributed by atoms with E-state index in [0.717, 1.165) is 6.42 Å². The van der Waals surface area contributed by atoms with Crippen LogP contribution in [0.15, 0.2) is 30.3 Å². The molecule has 0 spiro atoms. The molecule has 4 heteroatoms. The van der Waals surface area contributed by atoms with E-state index < -0.39 is 5.41 Å². The van der Waals surface area contributed by atoms with Crippen LogP contribution in [-0.2, 0) is 14.3 Å². The average Bonchev–Trinajstić information content (AvgIpc) is 2.51. The van der Waals surface area contributed by atoms with Crippen LogP contribution in [0.25, 0.3) is 0 Å². The predicted molar refractivity (Wildman–Crippen MR) is 90.1 cm³/mol. The lowest BCUT2D eigenvalue weighted by Gasteiger charge is -2.36. The largest absolute Gasteiger partial charge is 0.465 e. The van der Waals surface area contributed by atoms with E-state index in [1.54, 1.807) is 24.3 Å². The maximum absolute atomic E-state index is 12.3. The Labute approximate surface area is 139 Å². The first-order chi connectivity index (χ1) is 10.8. The maximum Gasteiger partial charge on any atom is 0.338 e. The summed E-state index contributed by atoms with van der Waals surface area (Å²) in [6.07, 6.45) is 0.826. The maximum atomic E-state index is 12.3. The van der Waals surface area contributed by atoms with E-state index in [1.807, 2.05) is 40.7 Å². The summed E-state index contributed by atoms with van der Waals surface area (Å²) in [5.74, 6) is -0.447. The number of ether oxygens (including phenoxy) is 2. The first-order valence-corrected chi connectivity index (χ1v) is 8.19. The van der Waals surface area contributed by atoms with Gasteiger partial charge in [0.2, 0.25) is 0 Å². The highest BCUT2D eigenvalue weighted by Crippen LogP contribution is 2.30. The highest BCUT2D eigenvalue weighted by atomic mass is 16.6. The molecule has 1 atom stereocenters. The van der Waals surface area contributed by atoms with Gasteiger partial charge in [0, 0.05) is 11.8 Å². The third-order valence-electron chi connectivity index (χ3n) is 3.68. The van der Waals surface area contributed by atoms with Gasteiger partial charge in [-0.15, -0.1) is 0 Å². The fraction of sp³-hybridized carbons (Fsp3) is 0.579. The van der Waals surface area contributed by atoms with Gasteiger partial charge in [-0.1, -0.05) is 52.8 Å². The fourth-order valence-corrected chi connectivity index (χ4v) is 2.58. The molecule has 1 aromatic carbocycles. The second-order valence-electron chi connectivity index (χ2n) is 6.84. The minimum atomic E-state index is -0.456. The summed E-state index contributed by atoms with van der Waals surface area (Å²) in [6.45, 7) is 10.1. The monoisotopic (exact) mass is 320 g/mol. The molecule has 0 aliphatic rings. The first kappa shape index (κ1) is 19.2. The van der Waals surface area contributed by atoms with Gasteiger partial charge >= 0.3 is 11.9 Å². The van der Waals surface area contributed by atoms with E-state index in [4.69, 9.17) is 9.47 Å². The number of carbonyl (C=O) groups excluding carboxylic acids is 2. The normalized spacial score (nSPS) is 12.8. The SMILES string of the molecule is CCCC(=O)OCC(C)(C)C(OC(=O)c1ccccc1)C(C)C. The molecule has 0 saturated heterocycles. The van der Waals surface area contributed by atoms with Crippen LogP contribution in [0.5, 0.6) is 0 Å². The van der Waals surface area contributed by atoms with Gasteiger partial charge in [-0.3, -0.25) is 4.79 Å². The molecule has 0 radical (unpaired) electrons. The molecule has 1 aromatic rings. The molecule has 23 heavy (non-hydrogen) atoms. The zero-order valence-corrected chi connectivity index (χ0v) is 14.8. The van der Waals surface area contributed by atoms with Crippen molar-refractivity contribution in [3.05, 3.63) is 35.9 Å². The molecule has 128 valence electrons. The standard InChI is InChI=1S/C19H28O4/c1-6-10-16(20)22-13-19(4,5)17(14(2)3)23-18(21)15-11-8-7-9-12-15/h7-9,11-12,14,17H,6,10,13H2,1-5H3. The molecular formula is C19H28O4. The third kappa shape index (κ3) is 6.05. The van der Waals surface area contributed by atoms with Crippen molar-refractivity contribution >= 4 is 11.9 Å². The third-order valence-corrected chi connectivity index (χ3v) is 3.68. The molecule has 1 unspecified atom stereocenters. The van der Waals surface area contributed by atoms with Gasteiger partial charge in [-0.2, -0.15) is 0 Å². The summed E-state index contributed by atoms with van der Waals surface area (Å²) in [5, 5.41) is 0. The van der Waals surface area contributed by atoms with E-state index in [-0.39, 0.29) is 30.6 Å². The van der Waals surface area contributed by atoms with Gasteiger partial charge in [-0.05, 0) is 24.5 Å². The summed E-state index contributed by atoms with van der Waals surface area (Å²) in [6, 6.07) is 8.92. The van der Waals surface area contributed by atoms with Gasteiger partial charge < -0.3 is 9.47 Å². The Morgan fingerprint density at radius 2 is 1.74 bits per heavy atom. The Balaban J connectivity index is 2.76. The number of benzene rings is 1. The van der Waals surface area contributed by atoms with Crippen molar-refractivity contribution in [1.29, 1.82) is 0 Å². The predicted octanol–water partition coefficient (Wildman–Crippen LogP) is 4.24. The molecule has 0 aliphatic heterocycles. The van der Waals surface area contributed by atoms with E-state index in [1.165, 1.54) is 0 Å². The Morgan fingerprint density at radius 3 is 2.26 bits per heavy atom. The smallest absolute Gasteiger partial charge is 0.338 e. The molecule has 0 bridgehead atoms. The van der Waals surface area contributed by atoms with Gasteiger partial charge in [0.05, 0.1) is 12.2 Å². The second kappa shape index (κ2) is 8.70. The number of esters is 2. The van der Waals surface area contributed by atoms with Crippen molar-refractivity contribution in [3.63, 3.8) is 0 Å². The fourth-order valence-electron chi connectivity index (χ4n) is 2.58. The van der Waals surface area contributed by atoms with Crippen LogP contribution in [0.1, 0.15) is 57.8 Å². The minimum Gasteiger partial charge on any atom is -0.465 e. The molecule has 4 nitrogen and oxygen atoms in total. The summed E-state index contributed by atoms with van der Waals surface area (Å²) in [5.41, 5.74) is 0.0686. The molecule has 0 N–H and O–H groups in total. The van der Waals surface area contributed by atoms with Crippen LogP contribution in [0.3, 0.4) is 0 Å². The van der Waals surface area contributed by atoms with Crippen LogP contribution in [0, 0.1) is 11.3 Å². The lowest BCUT2D eigenvalue weighted by molar-refractivity contribution is -0.150. The number of hydrogen-bond acceptors (Lipinski definition) is 4. The average molecular weight is 320 g/mol. The van der Waals surface area contributed by atoms with Gasteiger partial charge in [-0.25, -0.2) is 4.79 Å². The highest BCUT2D eigenvalue weighted by Gasteiger charge is 2.36. The Morgan fingerprint density at radius 1 is 1.13 bits per heavy atom. The molecule has 0 aromatic heterocycles. The van der Waals surface area contributed by atoms with Gasteiger partial charge in [0.25, 0.3) is 0 Å². The number of hydrogen-bond donors (Lipinski definition) is 0. The van der Waals surface area contributed by atoms with Crippen LogP contribution in [0.2, 0.25) is 0 Å². The van der Waals surface area contributed by atoms with Crippen molar-refractivity contribution in [3.8, 4) is 0 Å². The number of carbonyl (C=O) groups is 2. The summed E-state index contributed by atoms with van der Waals surface area (Å²) in [7, 11) is 0. The van der Waals surface area contributed by atoms with Crippen LogP contribution in [-0.4, -0.2) is 24.6 Å². The van der Waals surface area contributed by atoms with Gasteiger partial charge in [0.15, 0.2) is 0 Å². The quantitative estimate of drug-likeness (QED) is 0.672. The molecule has 0 amide bonds. The first-order valence-electron chi connectivity index (χ1n) is 8.19. The Bertz CT molecular complexity index is 505. The van der Waals surface area contributed by atoms with Crippen LogP contribution >= 0.6 is 0 Å². The van der Waals surface area contributed by atoms with Crippen molar-refractivity contribution in [2.24, 2.45) is 11.3 Å². The van der Waals surface area contributed by atoms with E-state index in [2.05, 4.69) is 0 Å². The molecular weight excluding hydrogens is 292 g/mol. The number of rotatable bonds is 8. The topological polar surface area (TPSA) is 52.6 Å². The zero-order valence-electron chi connectivity index (χ0n) is 14.8. The van der Waals surface area contributed by atoms with E-state index in [9.17, 15) is 9.59 Å². The van der Waals surface area contributed by atoms with Crippen LogP contribution in [0.4, 0.5) is 0 Å². The van der Waals surface area contributed by atoms with Gasteiger partial charge in [0.1, 0.15) is 6.10 Å². The lowest BCUT2D eigenvalue weighted by atomic mass is 9.81. The summed E-state index contributed by atoms with van der Waals surface area (Å²) in [4.78, 5) is 23.9. The Hall–Kier alpha value is -1.84. The van der Waals surface area contributed by atoms with Crippen molar-refractivity contribution in [2.45, 2.75) is 53.6 Å². The highest BCUT2D eigenvalue weighted by molar-refractivity contribution is 5.89. The van der Waals surface area contributed by atoms with Crippen molar-refractivity contribution < 1.29 is 19.1 Å². The summed E-state index contributed by atoms with van der Waals surface area (Å²) < 4.78 is 11.1. The van der Waals surface area contributed by atoms with Crippen LogP contribution < -0.4 is 0 Å². The molecule has 1 rings (SSSR count). The van der Waals surface area contributed by atoms with E-state index >= 15 is 0 Å². The molecule has 0 saturated carbocycles. The lowest BCUT2D eigenvalue weighted by Crippen LogP contribution is -2.41. The van der Waals surface area contributed by atoms with E-state index in [0.29, 0.717) is 12.0 Å². The second-order valence-corrected chi connectivity index (χ2v) is 6.84. The van der Waals surface area contributed by atoms with Crippen molar-refractivity contribution in [2.75, 3.05) is 6.61 Å². The molecule has 0 fully saturated rings.